The Bertz CT molecular complexity index is 282. The van der Waals surface area contributed by atoms with Crippen LogP contribution in [-0.2, 0) is 4.79 Å². The van der Waals surface area contributed by atoms with Gasteiger partial charge in [-0.1, -0.05) is 13.8 Å². The molecule has 1 rings (SSSR count). The number of rotatable bonds is 4. The molecule has 0 saturated carbocycles. The van der Waals surface area contributed by atoms with Crippen molar-refractivity contribution >= 4 is 11.8 Å². The standard InChI is InChI=1S/C9H15N3O2/c1-6(2)3-7(10)9(13)12-8-4-11-5-14-8/h4-7H,3,10H2,1-2H3,(H,12,13)/t7-/m1/s1. The topological polar surface area (TPSA) is 81.2 Å². The molecule has 0 spiro atoms. The van der Waals surface area contributed by atoms with Crippen molar-refractivity contribution in [3.63, 3.8) is 0 Å². The van der Waals surface area contributed by atoms with Gasteiger partial charge in [0.1, 0.15) is 0 Å². The number of carbonyl (C=O) groups is 1. The Morgan fingerprint density at radius 2 is 2.43 bits per heavy atom. The minimum absolute atomic E-state index is 0.240. The molecule has 1 aromatic heterocycles. The number of aromatic nitrogens is 1. The van der Waals surface area contributed by atoms with Crippen LogP contribution in [0.4, 0.5) is 5.88 Å². The maximum Gasteiger partial charge on any atom is 0.243 e. The maximum atomic E-state index is 11.4. The first-order chi connectivity index (χ1) is 6.59. The molecule has 78 valence electrons. The molecule has 0 unspecified atom stereocenters. The summed E-state index contributed by atoms with van der Waals surface area (Å²) in [5.74, 6) is 0.482. The van der Waals surface area contributed by atoms with Crippen molar-refractivity contribution in [1.82, 2.24) is 4.98 Å². The molecule has 0 aromatic carbocycles. The van der Waals surface area contributed by atoms with Gasteiger partial charge in [-0.05, 0) is 12.3 Å². The predicted molar refractivity (Wildman–Crippen MR) is 52.6 cm³/mol. The summed E-state index contributed by atoms with van der Waals surface area (Å²) in [5, 5.41) is 2.53. The van der Waals surface area contributed by atoms with Crippen LogP contribution in [0.3, 0.4) is 0 Å². The quantitative estimate of drug-likeness (QED) is 0.754. The first-order valence-corrected chi connectivity index (χ1v) is 4.54. The summed E-state index contributed by atoms with van der Waals surface area (Å²) in [7, 11) is 0. The summed E-state index contributed by atoms with van der Waals surface area (Å²) in [6.45, 7) is 4.03. The Balaban J connectivity index is 2.42. The lowest BCUT2D eigenvalue weighted by atomic mass is 10.0. The van der Waals surface area contributed by atoms with E-state index in [2.05, 4.69) is 10.3 Å². The van der Waals surface area contributed by atoms with E-state index in [1.807, 2.05) is 13.8 Å². The zero-order valence-corrected chi connectivity index (χ0v) is 8.36. The van der Waals surface area contributed by atoms with Crippen LogP contribution in [0.2, 0.25) is 0 Å². The lowest BCUT2D eigenvalue weighted by molar-refractivity contribution is -0.117. The van der Waals surface area contributed by atoms with Gasteiger partial charge in [0.2, 0.25) is 11.8 Å². The second-order valence-electron chi connectivity index (χ2n) is 3.59. The number of nitrogens with zero attached hydrogens (tertiary/aromatic N) is 1. The highest BCUT2D eigenvalue weighted by atomic mass is 16.4. The van der Waals surface area contributed by atoms with E-state index in [9.17, 15) is 4.79 Å². The van der Waals surface area contributed by atoms with Crippen LogP contribution in [0.15, 0.2) is 17.0 Å². The third-order valence-electron chi connectivity index (χ3n) is 1.74. The molecular formula is C9H15N3O2. The van der Waals surface area contributed by atoms with Crippen molar-refractivity contribution in [2.75, 3.05) is 5.32 Å². The number of carbonyl (C=O) groups excluding carboxylic acids is 1. The Hall–Kier alpha value is -1.36. The Morgan fingerprint density at radius 1 is 1.71 bits per heavy atom. The number of hydrogen-bond donors (Lipinski definition) is 2. The first-order valence-electron chi connectivity index (χ1n) is 4.54. The van der Waals surface area contributed by atoms with Crippen molar-refractivity contribution in [2.45, 2.75) is 26.3 Å². The second-order valence-corrected chi connectivity index (χ2v) is 3.59. The largest absolute Gasteiger partial charge is 0.428 e. The summed E-state index contributed by atoms with van der Waals surface area (Å²) in [4.78, 5) is 15.1. The van der Waals surface area contributed by atoms with E-state index in [1.54, 1.807) is 0 Å². The average Bonchev–Trinajstić information content (AvgIpc) is 2.55. The van der Waals surface area contributed by atoms with Crippen LogP contribution in [-0.4, -0.2) is 16.9 Å². The zero-order valence-electron chi connectivity index (χ0n) is 8.36. The highest BCUT2D eigenvalue weighted by Gasteiger charge is 2.15. The molecule has 1 amide bonds. The molecule has 5 nitrogen and oxygen atoms in total. The van der Waals surface area contributed by atoms with E-state index >= 15 is 0 Å². The van der Waals surface area contributed by atoms with Gasteiger partial charge in [-0.3, -0.25) is 10.1 Å². The van der Waals surface area contributed by atoms with Gasteiger partial charge in [0.15, 0.2) is 6.39 Å². The molecule has 0 bridgehead atoms. The average molecular weight is 197 g/mol. The van der Waals surface area contributed by atoms with Crippen molar-refractivity contribution in [1.29, 1.82) is 0 Å². The summed E-state index contributed by atoms with van der Waals surface area (Å²) < 4.78 is 4.86. The third kappa shape index (κ3) is 3.18. The fourth-order valence-electron chi connectivity index (χ4n) is 1.11. The summed E-state index contributed by atoms with van der Waals surface area (Å²) in [6.07, 6.45) is 3.34. The molecular weight excluding hydrogens is 182 g/mol. The number of anilines is 1. The van der Waals surface area contributed by atoms with E-state index in [4.69, 9.17) is 10.2 Å². The van der Waals surface area contributed by atoms with Crippen molar-refractivity contribution in [2.24, 2.45) is 11.7 Å². The third-order valence-corrected chi connectivity index (χ3v) is 1.74. The Kier molecular flexibility index (Phi) is 3.64. The highest BCUT2D eigenvalue weighted by Crippen LogP contribution is 2.07. The molecule has 1 atom stereocenters. The normalized spacial score (nSPS) is 12.9. The fourth-order valence-corrected chi connectivity index (χ4v) is 1.11. The molecule has 3 N–H and O–H groups in total. The molecule has 0 saturated heterocycles. The summed E-state index contributed by atoms with van der Waals surface area (Å²) in [5.41, 5.74) is 5.66. The van der Waals surface area contributed by atoms with Gasteiger partial charge < -0.3 is 10.2 Å². The molecule has 14 heavy (non-hydrogen) atoms. The molecule has 0 aliphatic heterocycles. The number of hydrogen-bond acceptors (Lipinski definition) is 4. The molecule has 1 heterocycles. The van der Waals surface area contributed by atoms with E-state index in [-0.39, 0.29) is 5.91 Å². The van der Waals surface area contributed by atoms with Gasteiger partial charge in [0.25, 0.3) is 0 Å². The fraction of sp³-hybridized carbons (Fsp3) is 0.556. The van der Waals surface area contributed by atoms with Crippen LogP contribution < -0.4 is 11.1 Å². The van der Waals surface area contributed by atoms with Crippen LogP contribution in [0.25, 0.3) is 0 Å². The molecule has 0 radical (unpaired) electrons. The molecule has 5 heteroatoms. The van der Waals surface area contributed by atoms with Gasteiger partial charge in [-0.2, -0.15) is 0 Å². The van der Waals surface area contributed by atoms with Crippen LogP contribution in [0.5, 0.6) is 0 Å². The number of oxazole rings is 1. The monoisotopic (exact) mass is 197 g/mol. The van der Waals surface area contributed by atoms with Crippen molar-refractivity contribution < 1.29 is 9.21 Å². The Morgan fingerprint density at radius 3 is 2.93 bits per heavy atom. The molecule has 0 aliphatic rings. The van der Waals surface area contributed by atoms with E-state index in [1.165, 1.54) is 12.6 Å². The van der Waals surface area contributed by atoms with E-state index in [0.29, 0.717) is 18.2 Å². The molecule has 0 fully saturated rings. The summed E-state index contributed by atoms with van der Waals surface area (Å²) in [6, 6.07) is -0.500. The molecule has 0 aliphatic carbocycles. The highest BCUT2D eigenvalue weighted by molar-refractivity contribution is 5.93. The second kappa shape index (κ2) is 4.76. The minimum Gasteiger partial charge on any atom is -0.428 e. The maximum absolute atomic E-state index is 11.4. The Labute approximate surface area is 82.7 Å². The SMILES string of the molecule is CC(C)C[C@@H](N)C(=O)Nc1cnco1. The minimum atomic E-state index is -0.500. The zero-order chi connectivity index (χ0) is 10.6. The van der Waals surface area contributed by atoms with E-state index in [0.717, 1.165) is 0 Å². The summed E-state index contributed by atoms with van der Waals surface area (Å²) >= 11 is 0. The van der Waals surface area contributed by atoms with Gasteiger partial charge >= 0.3 is 0 Å². The number of nitrogens with two attached hydrogens (primary N) is 1. The van der Waals surface area contributed by atoms with Crippen molar-refractivity contribution in [3.05, 3.63) is 12.6 Å². The van der Waals surface area contributed by atoms with E-state index < -0.39 is 6.04 Å². The van der Waals surface area contributed by atoms with Gasteiger partial charge in [0.05, 0.1) is 12.2 Å². The molecule has 1 aromatic rings. The van der Waals surface area contributed by atoms with Crippen molar-refractivity contribution in [3.8, 4) is 0 Å². The van der Waals surface area contributed by atoms with Crippen LogP contribution >= 0.6 is 0 Å². The van der Waals surface area contributed by atoms with Crippen LogP contribution in [0.1, 0.15) is 20.3 Å². The number of amides is 1. The lowest BCUT2D eigenvalue weighted by Gasteiger charge is -2.12. The van der Waals surface area contributed by atoms with Crippen LogP contribution in [0, 0.1) is 5.92 Å². The number of nitrogens with one attached hydrogen (secondary N) is 1. The predicted octanol–water partition coefficient (Wildman–Crippen LogP) is 0.986. The van der Waals surface area contributed by atoms with Gasteiger partial charge in [0, 0.05) is 0 Å². The van der Waals surface area contributed by atoms with Gasteiger partial charge in [-0.25, -0.2) is 4.98 Å². The first kappa shape index (κ1) is 10.7. The lowest BCUT2D eigenvalue weighted by Crippen LogP contribution is -2.36. The van der Waals surface area contributed by atoms with Gasteiger partial charge in [-0.15, -0.1) is 0 Å². The smallest absolute Gasteiger partial charge is 0.243 e.